The molecule has 2 aromatic rings. The second-order valence-corrected chi connectivity index (χ2v) is 5.42. The highest BCUT2D eigenvalue weighted by Crippen LogP contribution is 2.39. The molecular weight excluding hydrogens is 341 g/mol. The molecule has 0 fully saturated rings. The number of nitrogens with one attached hydrogen (secondary N) is 1. The van der Waals surface area contributed by atoms with Gasteiger partial charge in [0, 0.05) is 19.3 Å². The zero-order valence-corrected chi connectivity index (χ0v) is 13.7. The van der Waals surface area contributed by atoms with Gasteiger partial charge in [-0.05, 0) is 13.0 Å². The van der Waals surface area contributed by atoms with Crippen molar-refractivity contribution in [1.82, 2.24) is 4.57 Å². The van der Waals surface area contributed by atoms with Crippen LogP contribution in [0.15, 0.2) is 17.1 Å². The van der Waals surface area contributed by atoms with Gasteiger partial charge in [-0.15, -0.1) is 12.4 Å². The number of hydrogen-bond acceptors (Lipinski definition) is 5. The number of hydrogen-bond donors (Lipinski definition) is 3. The lowest BCUT2D eigenvalue weighted by atomic mass is 10.1. The van der Waals surface area contributed by atoms with E-state index in [1.165, 1.54) is 6.20 Å². The van der Waals surface area contributed by atoms with Crippen molar-refractivity contribution in [1.29, 1.82) is 0 Å². The monoisotopic (exact) mass is 357 g/mol. The summed E-state index contributed by atoms with van der Waals surface area (Å²) in [5, 5.41) is 12.0. The third kappa shape index (κ3) is 2.67. The summed E-state index contributed by atoms with van der Waals surface area (Å²) in [6, 6.07) is 0.862. The molecular formula is C15H17ClFN3O4. The molecule has 0 bridgehead atoms. The first kappa shape index (κ1) is 18.0. The van der Waals surface area contributed by atoms with Crippen LogP contribution in [-0.4, -0.2) is 35.3 Å². The summed E-state index contributed by atoms with van der Waals surface area (Å²) in [6.07, 6.45) is 1.29. The van der Waals surface area contributed by atoms with Crippen molar-refractivity contribution in [2.24, 2.45) is 5.73 Å². The van der Waals surface area contributed by atoms with Crippen LogP contribution < -0.4 is 21.2 Å². The number of pyridine rings is 1. The van der Waals surface area contributed by atoms with Gasteiger partial charge in [-0.3, -0.25) is 4.79 Å². The molecule has 24 heavy (non-hydrogen) atoms. The maximum absolute atomic E-state index is 14.4. The standard InChI is InChI=1S/C15H16FN3O4.ClH/c1-7-6-23-14-11(18-3-2-17)10(16)4-8-12(14)19(7)5-9(13(8)20)15(21)22;/h4-5,7,18H,2-3,6,17H2,1H3,(H,21,22);1H. The average Bonchev–Trinajstić information content (AvgIpc) is 2.51. The first-order valence-electron chi connectivity index (χ1n) is 7.17. The highest BCUT2D eigenvalue weighted by Gasteiger charge is 2.27. The normalized spacial score (nSPS) is 15.5. The fourth-order valence-corrected chi connectivity index (χ4v) is 2.74. The topological polar surface area (TPSA) is 107 Å². The van der Waals surface area contributed by atoms with Gasteiger partial charge < -0.3 is 25.5 Å². The summed E-state index contributed by atoms with van der Waals surface area (Å²) in [6.45, 7) is 2.71. The second-order valence-electron chi connectivity index (χ2n) is 5.42. The Bertz CT molecular complexity index is 868. The van der Waals surface area contributed by atoms with Gasteiger partial charge in [0.15, 0.2) is 11.6 Å². The number of halogens is 2. The van der Waals surface area contributed by atoms with Crippen LogP contribution in [0.1, 0.15) is 23.3 Å². The van der Waals surface area contributed by atoms with Crippen molar-refractivity contribution in [2.45, 2.75) is 13.0 Å². The Morgan fingerprint density at radius 3 is 2.92 bits per heavy atom. The fourth-order valence-electron chi connectivity index (χ4n) is 2.74. The maximum atomic E-state index is 14.4. The molecule has 0 amide bonds. The van der Waals surface area contributed by atoms with E-state index in [0.29, 0.717) is 18.6 Å². The van der Waals surface area contributed by atoms with E-state index in [1.807, 2.05) is 6.92 Å². The number of aromatic nitrogens is 1. The molecule has 130 valence electrons. The van der Waals surface area contributed by atoms with Gasteiger partial charge in [-0.1, -0.05) is 0 Å². The van der Waals surface area contributed by atoms with E-state index in [4.69, 9.17) is 10.5 Å². The zero-order valence-electron chi connectivity index (χ0n) is 12.8. The Morgan fingerprint density at radius 1 is 1.58 bits per heavy atom. The van der Waals surface area contributed by atoms with Crippen LogP contribution in [0.4, 0.5) is 10.1 Å². The van der Waals surface area contributed by atoms with Crippen LogP contribution in [0, 0.1) is 5.82 Å². The van der Waals surface area contributed by atoms with Gasteiger partial charge in [-0.25, -0.2) is 9.18 Å². The Balaban J connectivity index is 0.00000208. The third-order valence-corrected chi connectivity index (χ3v) is 3.84. The molecule has 1 aromatic heterocycles. The van der Waals surface area contributed by atoms with Gasteiger partial charge in [0.05, 0.1) is 16.9 Å². The molecule has 1 unspecified atom stereocenters. The van der Waals surface area contributed by atoms with Crippen LogP contribution in [0.25, 0.3) is 10.9 Å². The van der Waals surface area contributed by atoms with E-state index in [2.05, 4.69) is 5.32 Å². The van der Waals surface area contributed by atoms with E-state index in [1.54, 1.807) is 4.57 Å². The number of carbonyl (C=O) groups is 1. The number of carboxylic acids is 1. The molecule has 0 aliphatic carbocycles. The number of carboxylic acid groups (broad SMARTS) is 1. The molecule has 0 saturated carbocycles. The van der Waals surface area contributed by atoms with Crippen molar-refractivity contribution in [3.05, 3.63) is 33.9 Å². The maximum Gasteiger partial charge on any atom is 0.341 e. The van der Waals surface area contributed by atoms with Crippen molar-refractivity contribution in [3.8, 4) is 5.75 Å². The van der Waals surface area contributed by atoms with Crippen LogP contribution in [0.5, 0.6) is 5.75 Å². The van der Waals surface area contributed by atoms with E-state index in [9.17, 15) is 19.1 Å². The lowest BCUT2D eigenvalue weighted by Crippen LogP contribution is -2.27. The Labute approximate surface area is 142 Å². The summed E-state index contributed by atoms with van der Waals surface area (Å²) < 4.78 is 21.6. The van der Waals surface area contributed by atoms with Crippen molar-refractivity contribution < 1.29 is 19.0 Å². The van der Waals surface area contributed by atoms with Crippen LogP contribution in [0.2, 0.25) is 0 Å². The van der Waals surface area contributed by atoms with Crippen LogP contribution in [-0.2, 0) is 0 Å². The Hall–Kier alpha value is -2.32. The molecule has 7 nitrogen and oxygen atoms in total. The number of ether oxygens (including phenoxy) is 1. The number of nitrogens with zero attached hydrogens (tertiary/aromatic N) is 1. The number of benzene rings is 1. The fraction of sp³-hybridized carbons (Fsp3) is 0.333. The van der Waals surface area contributed by atoms with Gasteiger partial charge in [0.25, 0.3) is 0 Å². The summed E-state index contributed by atoms with van der Waals surface area (Å²) in [7, 11) is 0. The molecule has 1 atom stereocenters. The van der Waals surface area contributed by atoms with Crippen molar-refractivity contribution in [3.63, 3.8) is 0 Å². The van der Waals surface area contributed by atoms with Crippen molar-refractivity contribution >= 4 is 35.0 Å². The molecule has 2 heterocycles. The van der Waals surface area contributed by atoms with E-state index in [0.717, 1.165) is 6.07 Å². The number of rotatable bonds is 4. The second kappa shape index (κ2) is 6.66. The van der Waals surface area contributed by atoms with E-state index < -0.39 is 17.2 Å². The van der Waals surface area contributed by atoms with Gasteiger partial charge in [0.2, 0.25) is 5.43 Å². The highest BCUT2D eigenvalue weighted by atomic mass is 35.5. The zero-order chi connectivity index (χ0) is 16.7. The minimum absolute atomic E-state index is 0. The molecule has 1 aromatic carbocycles. The predicted octanol–water partition coefficient (Wildman–Crippen LogP) is 1.58. The predicted molar refractivity (Wildman–Crippen MR) is 90.1 cm³/mol. The number of aromatic carboxylic acids is 1. The molecule has 1 aliphatic rings. The van der Waals surface area contributed by atoms with Crippen LogP contribution >= 0.6 is 12.4 Å². The largest absolute Gasteiger partial charge is 0.487 e. The SMILES string of the molecule is CC1COc2c(NCCN)c(F)cc3c(=O)c(C(=O)O)cn1c23.Cl. The third-order valence-electron chi connectivity index (χ3n) is 3.84. The van der Waals surface area contributed by atoms with Gasteiger partial charge >= 0.3 is 5.97 Å². The molecule has 1 aliphatic heterocycles. The molecule has 9 heteroatoms. The average molecular weight is 358 g/mol. The summed E-state index contributed by atoms with van der Waals surface area (Å²) >= 11 is 0. The first-order chi connectivity index (χ1) is 11.0. The van der Waals surface area contributed by atoms with Crippen molar-refractivity contribution in [2.75, 3.05) is 25.0 Å². The number of anilines is 1. The summed E-state index contributed by atoms with van der Waals surface area (Å²) in [5.41, 5.74) is 4.83. The highest BCUT2D eigenvalue weighted by molar-refractivity contribution is 5.97. The first-order valence-corrected chi connectivity index (χ1v) is 7.17. The molecule has 0 spiro atoms. The van der Waals surface area contributed by atoms with Gasteiger partial charge in [0.1, 0.15) is 17.9 Å². The quantitative estimate of drug-likeness (QED) is 0.767. The van der Waals surface area contributed by atoms with Crippen LogP contribution in [0.3, 0.4) is 0 Å². The molecule has 3 rings (SSSR count). The minimum Gasteiger partial charge on any atom is -0.487 e. The molecule has 0 saturated heterocycles. The number of nitrogens with two attached hydrogens (primary N) is 1. The molecule has 0 radical (unpaired) electrons. The smallest absolute Gasteiger partial charge is 0.341 e. The lowest BCUT2D eigenvalue weighted by Gasteiger charge is -2.28. The van der Waals surface area contributed by atoms with E-state index in [-0.39, 0.29) is 47.4 Å². The summed E-state index contributed by atoms with van der Waals surface area (Å²) in [4.78, 5) is 23.6. The Kier molecular flexibility index (Phi) is 5.00. The Morgan fingerprint density at radius 2 is 2.29 bits per heavy atom. The van der Waals surface area contributed by atoms with E-state index >= 15 is 0 Å². The summed E-state index contributed by atoms with van der Waals surface area (Å²) in [5.74, 6) is -1.81. The molecule has 4 N–H and O–H groups in total. The van der Waals surface area contributed by atoms with Gasteiger partial charge in [-0.2, -0.15) is 0 Å². The lowest BCUT2D eigenvalue weighted by molar-refractivity contribution is 0.0694. The minimum atomic E-state index is -1.34.